The van der Waals surface area contributed by atoms with Crippen LogP contribution in [0.25, 0.3) is 6.08 Å². The van der Waals surface area contributed by atoms with Gasteiger partial charge in [0.15, 0.2) is 0 Å². The van der Waals surface area contributed by atoms with Crippen LogP contribution in [0.3, 0.4) is 0 Å². The second-order valence-electron chi connectivity index (χ2n) is 4.26. The Morgan fingerprint density at radius 3 is 2.72 bits per heavy atom. The van der Waals surface area contributed by atoms with Crippen molar-refractivity contribution in [2.24, 2.45) is 0 Å². The highest BCUT2D eigenvalue weighted by atomic mass is 16.5. The predicted molar refractivity (Wildman–Crippen MR) is 69.8 cm³/mol. The summed E-state index contributed by atoms with van der Waals surface area (Å²) < 4.78 is 10.3. The molecule has 1 aromatic rings. The van der Waals surface area contributed by atoms with Crippen molar-refractivity contribution in [1.29, 1.82) is 0 Å². The maximum Gasteiger partial charge on any atom is 0.334 e. The zero-order chi connectivity index (χ0) is 13.0. The molecule has 2 rings (SSSR count). The summed E-state index contributed by atoms with van der Waals surface area (Å²) in [6, 6.07) is 8.16. The Morgan fingerprint density at radius 1 is 1.33 bits per heavy atom. The molecule has 0 saturated heterocycles. The van der Waals surface area contributed by atoms with Crippen LogP contribution in [0.2, 0.25) is 0 Å². The average Bonchev–Trinajstić information content (AvgIpc) is 2.37. The molecule has 0 bridgehead atoms. The van der Waals surface area contributed by atoms with E-state index in [1.165, 1.54) is 11.6 Å². The highest BCUT2D eigenvalue weighted by molar-refractivity contribution is 5.83. The molecule has 1 aromatic carbocycles. The molecule has 1 unspecified atom stereocenters. The minimum absolute atomic E-state index is 0.251. The summed E-state index contributed by atoms with van der Waals surface area (Å²) >= 11 is 0. The van der Waals surface area contributed by atoms with Gasteiger partial charge >= 0.3 is 5.97 Å². The van der Waals surface area contributed by atoms with Crippen molar-refractivity contribution in [3.8, 4) is 0 Å². The summed E-state index contributed by atoms with van der Waals surface area (Å²) in [6.45, 7) is 2.05. The lowest BCUT2D eigenvalue weighted by molar-refractivity contribution is -0.142. The summed E-state index contributed by atoms with van der Waals surface area (Å²) in [4.78, 5) is 11.3. The fourth-order valence-electron chi connectivity index (χ4n) is 1.76. The summed E-state index contributed by atoms with van der Waals surface area (Å²) in [5.41, 5.74) is 2.31. The van der Waals surface area contributed by atoms with Crippen LogP contribution in [-0.4, -0.2) is 19.2 Å². The quantitative estimate of drug-likeness (QED) is 0.767. The first-order chi connectivity index (χ1) is 8.67. The summed E-state index contributed by atoms with van der Waals surface area (Å²) in [6.07, 6.45) is 5.56. The lowest BCUT2D eigenvalue weighted by Crippen LogP contribution is -2.21. The molecule has 0 spiro atoms. The summed E-state index contributed by atoms with van der Waals surface area (Å²) in [5, 5.41) is 0. The Hall–Kier alpha value is -2.03. The first-order valence-corrected chi connectivity index (χ1v) is 5.87. The van der Waals surface area contributed by atoms with E-state index in [-0.39, 0.29) is 12.1 Å². The number of benzene rings is 1. The third kappa shape index (κ3) is 3.23. The maximum atomic E-state index is 11.3. The molecule has 94 valence electrons. The highest BCUT2D eigenvalue weighted by Crippen LogP contribution is 2.18. The van der Waals surface area contributed by atoms with E-state index in [0.29, 0.717) is 12.2 Å². The van der Waals surface area contributed by atoms with Gasteiger partial charge in [0.1, 0.15) is 11.9 Å². The standard InChI is InChI=1S/C15H16O3/c1-11-3-5-12(6-4-11)7-8-13-9-14(17-2)10-15(16)18-13/h3-8,10,13H,9H2,1-2H3/b8-7+. The lowest BCUT2D eigenvalue weighted by Gasteiger charge is -2.19. The van der Waals surface area contributed by atoms with Gasteiger partial charge in [0.2, 0.25) is 0 Å². The van der Waals surface area contributed by atoms with Crippen molar-refractivity contribution >= 4 is 12.0 Å². The fourth-order valence-corrected chi connectivity index (χ4v) is 1.76. The van der Waals surface area contributed by atoms with Crippen LogP contribution < -0.4 is 0 Å². The third-order valence-corrected chi connectivity index (χ3v) is 2.79. The molecule has 1 aliphatic heterocycles. The second-order valence-corrected chi connectivity index (χ2v) is 4.26. The molecule has 18 heavy (non-hydrogen) atoms. The number of hydrogen-bond acceptors (Lipinski definition) is 3. The van der Waals surface area contributed by atoms with Gasteiger partial charge in [-0.25, -0.2) is 4.79 Å². The Labute approximate surface area is 107 Å². The largest absolute Gasteiger partial charge is 0.501 e. The van der Waals surface area contributed by atoms with Crippen LogP contribution in [-0.2, 0) is 14.3 Å². The molecule has 0 fully saturated rings. The van der Waals surface area contributed by atoms with Gasteiger partial charge in [-0.2, -0.15) is 0 Å². The van der Waals surface area contributed by atoms with Crippen LogP contribution in [0.5, 0.6) is 0 Å². The summed E-state index contributed by atoms with van der Waals surface area (Å²) in [5.74, 6) is 0.307. The number of methoxy groups -OCH3 is 1. The average molecular weight is 244 g/mol. The van der Waals surface area contributed by atoms with Crippen LogP contribution in [0, 0.1) is 6.92 Å². The van der Waals surface area contributed by atoms with Gasteiger partial charge in [0.25, 0.3) is 0 Å². The first-order valence-electron chi connectivity index (χ1n) is 5.87. The van der Waals surface area contributed by atoms with E-state index < -0.39 is 0 Å². The number of rotatable bonds is 3. The van der Waals surface area contributed by atoms with E-state index in [0.717, 1.165) is 5.56 Å². The van der Waals surface area contributed by atoms with Gasteiger partial charge in [0.05, 0.1) is 13.2 Å². The van der Waals surface area contributed by atoms with Gasteiger partial charge in [-0.3, -0.25) is 0 Å². The molecule has 0 saturated carbocycles. The van der Waals surface area contributed by atoms with E-state index in [4.69, 9.17) is 9.47 Å². The van der Waals surface area contributed by atoms with Gasteiger partial charge in [0, 0.05) is 6.42 Å². The van der Waals surface area contributed by atoms with Crippen molar-refractivity contribution in [2.75, 3.05) is 7.11 Å². The van der Waals surface area contributed by atoms with Crippen LogP contribution in [0.1, 0.15) is 17.5 Å². The van der Waals surface area contributed by atoms with Crippen molar-refractivity contribution in [1.82, 2.24) is 0 Å². The molecule has 0 aromatic heterocycles. The molecular formula is C15H16O3. The van der Waals surface area contributed by atoms with E-state index in [9.17, 15) is 4.79 Å². The number of ether oxygens (including phenoxy) is 2. The zero-order valence-corrected chi connectivity index (χ0v) is 10.6. The number of esters is 1. The normalized spacial score (nSPS) is 19.6. The molecule has 1 atom stereocenters. The molecule has 1 aliphatic rings. The molecule has 0 amide bonds. The van der Waals surface area contributed by atoms with Crippen molar-refractivity contribution in [3.63, 3.8) is 0 Å². The zero-order valence-electron chi connectivity index (χ0n) is 10.6. The monoisotopic (exact) mass is 244 g/mol. The number of cyclic esters (lactones) is 1. The molecule has 0 radical (unpaired) electrons. The van der Waals surface area contributed by atoms with E-state index >= 15 is 0 Å². The highest BCUT2D eigenvalue weighted by Gasteiger charge is 2.19. The Kier molecular flexibility index (Phi) is 3.82. The van der Waals surface area contributed by atoms with Gasteiger partial charge < -0.3 is 9.47 Å². The van der Waals surface area contributed by atoms with E-state index in [1.54, 1.807) is 7.11 Å². The second kappa shape index (κ2) is 5.54. The Morgan fingerprint density at radius 2 is 2.06 bits per heavy atom. The molecule has 3 nitrogen and oxygen atoms in total. The number of carbonyl (C=O) groups excluding carboxylic acids is 1. The van der Waals surface area contributed by atoms with Crippen LogP contribution >= 0.6 is 0 Å². The SMILES string of the molecule is COC1=CC(=O)OC(/C=C/c2ccc(C)cc2)C1. The van der Waals surface area contributed by atoms with Crippen molar-refractivity contribution in [2.45, 2.75) is 19.4 Å². The molecule has 0 aliphatic carbocycles. The maximum absolute atomic E-state index is 11.3. The van der Waals surface area contributed by atoms with Crippen molar-refractivity contribution in [3.05, 3.63) is 53.3 Å². The number of hydrogen-bond donors (Lipinski definition) is 0. The van der Waals surface area contributed by atoms with Gasteiger partial charge in [-0.1, -0.05) is 35.9 Å². The molecular weight excluding hydrogens is 228 g/mol. The van der Waals surface area contributed by atoms with Crippen molar-refractivity contribution < 1.29 is 14.3 Å². The molecule has 3 heteroatoms. The first kappa shape index (κ1) is 12.4. The predicted octanol–water partition coefficient (Wildman–Crippen LogP) is 2.85. The van der Waals surface area contributed by atoms with Crippen LogP contribution in [0.15, 0.2) is 42.2 Å². The smallest absolute Gasteiger partial charge is 0.334 e. The fraction of sp³-hybridized carbons (Fsp3) is 0.267. The third-order valence-electron chi connectivity index (χ3n) is 2.79. The minimum Gasteiger partial charge on any atom is -0.501 e. The van der Waals surface area contributed by atoms with E-state index in [2.05, 4.69) is 0 Å². The molecule has 1 heterocycles. The Bertz CT molecular complexity index is 483. The summed E-state index contributed by atoms with van der Waals surface area (Å²) in [7, 11) is 1.56. The number of carbonyl (C=O) groups is 1. The molecule has 0 N–H and O–H groups in total. The Balaban J connectivity index is 2.04. The van der Waals surface area contributed by atoms with Crippen LogP contribution in [0.4, 0.5) is 0 Å². The van der Waals surface area contributed by atoms with E-state index in [1.807, 2.05) is 43.3 Å². The van der Waals surface area contributed by atoms with Gasteiger partial charge in [-0.05, 0) is 18.6 Å². The number of aryl methyl sites for hydroxylation is 1. The topological polar surface area (TPSA) is 35.5 Å². The lowest BCUT2D eigenvalue weighted by atomic mass is 10.1. The van der Waals surface area contributed by atoms with Gasteiger partial charge in [-0.15, -0.1) is 0 Å². The minimum atomic E-state index is -0.350.